The number of nitrogens with two attached hydrogens (primary N) is 1. The molecule has 10 heteroatoms. The molecule has 2 aromatic heterocycles. The number of carbonyl (C=O) groups is 3. The lowest BCUT2D eigenvalue weighted by molar-refractivity contribution is -0.123. The number of amides is 2. The molecule has 2 amide bonds. The second-order valence-electron chi connectivity index (χ2n) is 7.30. The van der Waals surface area contributed by atoms with Crippen LogP contribution < -0.4 is 16.6 Å². The first-order valence-corrected chi connectivity index (χ1v) is 10.5. The first-order chi connectivity index (χ1) is 14.8. The van der Waals surface area contributed by atoms with Gasteiger partial charge in [0.2, 0.25) is 5.91 Å². The molecule has 1 aromatic carbocycles. The van der Waals surface area contributed by atoms with Gasteiger partial charge in [0.15, 0.2) is 6.10 Å². The predicted octanol–water partition coefficient (Wildman–Crippen LogP) is 2.00. The number of thiophene rings is 1. The second kappa shape index (κ2) is 7.95. The van der Waals surface area contributed by atoms with Gasteiger partial charge in [0.1, 0.15) is 15.5 Å². The van der Waals surface area contributed by atoms with Crippen LogP contribution in [0.15, 0.2) is 29.1 Å². The largest absolute Gasteiger partial charge is 0.448 e. The van der Waals surface area contributed by atoms with Crippen LogP contribution in [0.1, 0.15) is 44.8 Å². The molecule has 4 rings (SSSR count). The van der Waals surface area contributed by atoms with Crippen LogP contribution in [-0.2, 0) is 22.5 Å². The summed E-state index contributed by atoms with van der Waals surface area (Å²) >= 11 is 1.10. The Kier molecular flexibility index (Phi) is 5.32. The molecular weight excluding hydrogens is 420 g/mol. The van der Waals surface area contributed by atoms with Crippen LogP contribution in [0.3, 0.4) is 0 Å². The Labute approximate surface area is 180 Å². The zero-order chi connectivity index (χ0) is 22.3. The van der Waals surface area contributed by atoms with Crippen molar-refractivity contribution in [3.63, 3.8) is 0 Å². The number of anilines is 1. The van der Waals surface area contributed by atoms with E-state index in [0.29, 0.717) is 33.6 Å². The summed E-state index contributed by atoms with van der Waals surface area (Å²) in [6, 6.07) is 6.03. The SMILES string of the molecule is Cc1c(C(=O)O[C@H](C)C(=O)Nc2ccc(C(N)=O)cc2)sc2nc3n(c(=O)c12)CCC3. The highest BCUT2D eigenvalue weighted by Gasteiger charge is 2.26. The first kappa shape index (κ1) is 20.7. The molecule has 3 heterocycles. The number of aromatic nitrogens is 2. The number of nitrogens with zero attached hydrogens (tertiary/aromatic N) is 2. The highest BCUT2D eigenvalue weighted by molar-refractivity contribution is 7.20. The van der Waals surface area contributed by atoms with Gasteiger partial charge >= 0.3 is 5.97 Å². The molecule has 0 saturated heterocycles. The average molecular weight is 440 g/mol. The number of benzene rings is 1. The van der Waals surface area contributed by atoms with E-state index in [4.69, 9.17) is 10.5 Å². The maximum atomic E-state index is 12.8. The van der Waals surface area contributed by atoms with E-state index >= 15 is 0 Å². The van der Waals surface area contributed by atoms with Crippen LogP contribution in [0.2, 0.25) is 0 Å². The molecule has 3 aromatic rings. The monoisotopic (exact) mass is 440 g/mol. The number of aryl methyl sites for hydroxylation is 2. The number of nitrogens with one attached hydrogen (secondary N) is 1. The van der Waals surface area contributed by atoms with Gasteiger partial charge in [-0.15, -0.1) is 11.3 Å². The van der Waals surface area contributed by atoms with Crippen molar-refractivity contribution in [3.8, 4) is 0 Å². The zero-order valence-corrected chi connectivity index (χ0v) is 17.7. The van der Waals surface area contributed by atoms with Gasteiger partial charge in [0.25, 0.3) is 11.5 Å². The minimum atomic E-state index is -1.08. The topological polar surface area (TPSA) is 133 Å². The molecule has 1 aliphatic rings. The fourth-order valence-corrected chi connectivity index (χ4v) is 4.57. The van der Waals surface area contributed by atoms with Gasteiger partial charge in [-0.1, -0.05) is 0 Å². The van der Waals surface area contributed by atoms with E-state index in [1.54, 1.807) is 11.5 Å². The highest BCUT2D eigenvalue weighted by atomic mass is 32.1. The van der Waals surface area contributed by atoms with Gasteiger partial charge in [0, 0.05) is 24.2 Å². The predicted molar refractivity (Wildman–Crippen MR) is 115 cm³/mol. The number of fused-ring (bicyclic) bond motifs is 2. The molecule has 1 aliphatic heterocycles. The Hall–Kier alpha value is -3.53. The quantitative estimate of drug-likeness (QED) is 0.583. The Morgan fingerprint density at radius 1 is 1.26 bits per heavy atom. The summed E-state index contributed by atoms with van der Waals surface area (Å²) in [7, 11) is 0. The summed E-state index contributed by atoms with van der Waals surface area (Å²) in [6.45, 7) is 3.77. The Bertz CT molecular complexity index is 1280. The van der Waals surface area contributed by atoms with Crippen LogP contribution in [-0.4, -0.2) is 33.4 Å². The Morgan fingerprint density at radius 3 is 2.65 bits per heavy atom. The maximum Gasteiger partial charge on any atom is 0.349 e. The second-order valence-corrected chi connectivity index (χ2v) is 8.30. The third kappa shape index (κ3) is 3.81. The molecule has 9 nitrogen and oxygen atoms in total. The summed E-state index contributed by atoms with van der Waals surface area (Å²) in [5, 5.41) is 3.04. The van der Waals surface area contributed by atoms with Crippen LogP contribution in [0, 0.1) is 6.92 Å². The normalized spacial score (nSPS) is 13.6. The van der Waals surface area contributed by atoms with E-state index in [9.17, 15) is 19.2 Å². The van der Waals surface area contributed by atoms with Crippen molar-refractivity contribution in [3.05, 3.63) is 56.4 Å². The molecule has 0 aliphatic carbocycles. The van der Waals surface area contributed by atoms with Crippen molar-refractivity contribution in [2.45, 2.75) is 39.3 Å². The van der Waals surface area contributed by atoms with E-state index in [0.717, 1.165) is 30.0 Å². The third-order valence-corrected chi connectivity index (χ3v) is 6.35. The standard InChI is InChI=1S/C21H20N4O5S/c1-10-15-19(24-14-4-3-9-25(14)20(15)28)31-16(10)21(29)30-11(2)18(27)23-13-7-5-12(6-8-13)17(22)26/h5-8,11H,3-4,9H2,1-2H3,(H2,22,26)(H,23,27)/t11-/m1/s1. The molecule has 0 radical (unpaired) electrons. The number of esters is 1. The number of hydrogen-bond donors (Lipinski definition) is 2. The van der Waals surface area contributed by atoms with Gasteiger partial charge in [-0.05, 0) is 50.1 Å². The van der Waals surface area contributed by atoms with Gasteiger partial charge in [-0.3, -0.25) is 19.0 Å². The van der Waals surface area contributed by atoms with Crippen LogP contribution in [0.25, 0.3) is 10.2 Å². The van der Waals surface area contributed by atoms with Gasteiger partial charge in [-0.2, -0.15) is 0 Å². The van der Waals surface area contributed by atoms with E-state index in [1.165, 1.54) is 31.2 Å². The fraction of sp³-hybridized carbons (Fsp3) is 0.286. The maximum absolute atomic E-state index is 12.8. The van der Waals surface area contributed by atoms with E-state index in [1.807, 2.05) is 0 Å². The average Bonchev–Trinajstić information content (AvgIpc) is 3.33. The lowest BCUT2D eigenvalue weighted by Gasteiger charge is -2.13. The number of rotatable bonds is 5. The fourth-order valence-electron chi connectivity index (χ4n) is 3.50. The molecule has 0 bridgehead atoms. The minimum Gasteiger partial charge on any atom is -0.448 e. The zero-order valence-electron chi connectivity index (χ0n) is 16.9. The van der Waals surface area contributed by atoms with E-state index in [2.05, 4.69) is 10.3 Å². The molecule has 1 atom stereocenters. The first-order valence-electron chi connectivity index (χ1n) is 9.70. The van der Waals surface area contributed by atoms with Crippen molar-refractivity contribution in [1.82, 2.24) is 9.55 Å². The molecule has 0 unspecified atom stereocenters. The summed E-state index contributed by atoms with van der Waals surface area (Å²) in [6.07, 6.45) is 0.539. The van der Waals surface area contributed by atoms with Crippen LogP contribution >= 0.6 is 11.3 Å². The van der Waals surface area contributed by atoms with Crippen molar-refractivity contribution in [1.29, 1.82) is 0 Å². The summed E-state index contributed by atoms with van der Waals surface area (Å²) < 4.78 is 6.98. The van der Waals surface area contributed by atoms with Crippen molar-refractivity contribution in [2.75, 3.05) is 5.32 Å². The van der Waals surface area contributed by atoms with E-state index in [-0.39, 0.29) is 10.4 Å². The summed E-state index contributed by atoms with van der Waals surface area (Å²) in [4.78, 5) is 54.3. The van der Waals surface area contributed by atoms with Crippen LogP contribution in [0.4, 0.5) is 5.69 Å². The molecular formula is C21H20N4O5S. The van der Waals surface area contributed by atoms with Gasteiger partial charge in [0.05, 0.1) is 5.39 Å². The smallest absolute Gasteiger partial charge is 0.349 e. The molecule has 0 saturated carbocycles. The molecule has 0 fully saturated rings. The van der Waals surface area contributed by atoms with E-state index < -0.39 is 23.9 Å². The number of hydrogen-bond acceptors (Lipinski definition) is 7. The third-order valence-electron chi connectivity index (χ3n) is 5.19. The van der Waals surface area contributed by atoms with Gasteiger partial charge in [-0.25, -0.2) is 9.78 Å². The number of ether oxygens (including phenoxy) is 1. The summed E-state index contributed by atoms with van der Waals surface area (Å²) in [5.41, 5.74) is 6.31. The van der Waals surface area contributed by atoms with Gasteiger partial charge < -0.3 is 15.8 Å². The molecule has 160 valence electrons. The molecule has 31 heavy (non-hydrogen) atoms. The van der Waals surface area contributed by atoms with Crippen molar-refractivity contribution in [2.24, 2.45) is 5.73 Å². The number of carbonyl (C=O) groups excluding carboxylic acids is 3. The van der Waals surface area contributed by atoms with Crippen LogP contribution in [0.5, 0.6) is 0 Å². The molecule has 3 N–H and O–H groups in total. The number of primary amides is 1. The lowest BCUT2D eigenvalue weighted by atomic mass is 10.2. The highest BCUT2D eigenvalue weighted by Crippen LogP contribution is 2.29. The minimum absolute atomic E-state index is 0.143. The molecule has 0 spiro atoms. The van der Waals surface area contributed by atoms with Crippen molar-refractivity contribution < 1.29 is 19.1 Å². The Morgan fingerprint density at radius 2 is 1.97 bits per heavy atom. The van der Waals surface area contributed by atoms with Crippen molar-refractivity contribution >= 4 is 45.0 Å². The summed E-state index contributed by atoms with van der Waals surface area (Å²) in [5.74, 6) is -1.06. The Balaban J connectivity index is 1.50. The lowest BCUT2D eigenvalue weighted by Crippen LogP contribution is -2.30.